The number of carboxylic acid groups (broad SMARTS) is 1. The molecule has 88 valence electrons. The number of anilines is 1. The van der Waals surface area contributed by atoms with Crippen LogP contribution in [-0.4, -0.2) is 32.3 Å². The molecule has 0 bridgehead atoms. The topological polar surface area (TPSA) is 110 Å². The van der Waals surface area contributed by atoms with Gasteiger partial charge in [0.1, 0.15) is 6.54 Å². The number of nitrogens with one attached hydrogen (secondary N) is 1. The molecule has 1 aromatic rings. The Balaban J connectivity index is 2.66. The highest BCUT2D eigenvalue weighted by molar-refractivity contribution is 5.97. The van der Waals surface area contributed by atoms with Crippen LogP contribution in [0.25, 0.3) is 0 Å². The molecule has 0 saturated carbocycles. The van der Waals surface area contributed by atoms with Gasteiger partial charge in [-0.15, -0.1) is 0 Å². The number of hydrogen-bond donors (Lipinski definition) is 3. The third-order valence-electron chi connectivity index (χ3n) is 1.77. The Morgan fingerprint density at radius 1 is 1.62 bits per heavy atom. The zero-order valence-corrected chi connectivity index (χ0v) is 9.10. The number of nitrogens with two attached hydrogens (primary N) is 1. The van der Waals surface area contributed by atoms with Crippen LogP contribution in [0.5, 0.6) is 0 Å². The Hall–Kier alpha value is -1.89. The molecule has 1 aromatic heterocycles. The number of aliphatic carboxylic acids is 1. The fourth-order valence-corrected chi connectivity index (χ4v) is 0.945. The van der Waals surface area contributed by atoms with Gasteiger partial charge in [-0.05, 0) is 13.8 Å². The van der Waals surface area contributed by atoms with Crippen LogP contribution in [-0.2, 0) is 16.1 Å². The minimum Gasteiger partial charge on any atom is -0.480 e. The van der Waals surface area contributed by atoms with Gasteiger partial charge in [0.2, 0.25) is 5.91 Å². The molecule has 0 unspecified atom stereocenters. The average Bonchev–Trinajstić information content (AvgIpc) is 2.49. The van der Waals surface area contributed by atoms with Crippen molar-refractivity contribution in [2.24, 2.45) is 5.73 Å². The van der Waals surface area contributed by atoms with Gasteiger partial charge >= 0.3 is 5.97 Å². The van der Waals surface area contributed by atoms with E-state index < -0.39 is 11.5 Å². The van der Waals surface area contributed by atoms with Crippen LogP contribution in [0, 0.1) is 0 Å². The molecule has 0 atom stereocenters. The van der Waals surface area contributed by atoms with Crippen LogP contribution in [0.3, 0.4) is 0 Å². The van der Waals surface area contributed by atoms with Gasteiger partial charge in [0, 0.05) is 6.20 Å². The highest BCUT2D eigenvalue weighted by Gasteiger charge is 2.22. The molecule has 0 aromatic carbocycles. The molecule has 7 nitrogen and oxygen atoms in total. The second kappa shape index (κ2) is 4.31. The van der Waals surface area contributed by atoms with Gasteiger partial charge in [-0.3, -0.25) is 14.3 Å². The maximum Gasteiger partial charge on any atom is 0.325 e. The second-order valence-corrected chi connectivity index (χ2v) is 4.00. The Labute approximate surface area is 92.2 Å². The third-order valence-corrected chi connectivity index (χ3v) is 1.77. The molecular weight excluding hydrogens is 212 g/mol. The monoisotopic (exact) mass is 226 g/mol. The quantitative estimate of drug-likeness (QED) is 0.649. The van der Waals surface area contributed by atoms with Gasteiger partial charge in [0.25, 0.3) is 0 Å². The van der Waals surface area contributed by atoms with Crippen molar-refractivity contribution in [3.63, 3.8) is 0 Å². The SMILES string of the molecule is CC(C)(N)C(=O)Nc1cnn(CC(=O)O)c1. The van der Waals surface area contributed by atoms with Crippen molar-refractivity contribution in [3.05, 3.63) is 12.4 Å². The molecule has 7 heteroatoms. The van der Waals surface area contributed by atoms with E-state index >= 15 is 0 Å². The van der Waals surface area contributed by atoms with E-state index in [-0.39, 0.29) is 12.5 Å². The van der Waals surface area contributed by atoms with E-state index in [1.807, 2.05) is 0 Å². The summed E-state index contributed by atoms with van der Waals surface area (Å²) in [5.74, 6) is -1.36. The molecule has 4 N–H and O–H groups in total. The minimum atomic E-state index is -1.000. The Kier molecular flexibility index (Phi) is 3.28. The predicted octanol–water partition coefficient (Wildman–Crippen LogP) is -0.357. The van der Waals surface area contributed by atoms with E-state index in [2.05, 4.69) is 10.4 Å². The molecule has 0 saturated heterocycles. The lowest BCUT2D eigenvalue weighted by molar-refractivity contribution is -0.137. The van der Waals surface area contributed by atoms with Crippen LogP contribution in [0.15, 0.2) is 12.4 Å². The van der Waals surface area contributed by atoms with E-state index in [0.29, 0.717) is 5.69 Å². The molecule has 0 radical (unpaired) electrons. The number of nitrogens with zero attached hydrogens (tertiary/aromatic N) is 2. The number of amides is 1. The largest absolute Gasteiger partial charge is 0.480 e. The summed E-state index contributed by atoms with van der Waals surface area (Å²) >= 11 is 0. The van der Waals surface area contributed by atoms with Gasteiger partial charge in [0.15, 0.2) is 0 Å². The first-order chi connectivity index (χ1) is 7.29. The van der Waals surface area contributed by atoms with Crippen LogP contribution >= 0.6 is 0 Å². The van der Waals surface area contributed by atoms with Crippen molar-refractivity contribution in [2.45, 2.75) is 25.9 Å². The van der Waals surface area contributed by atoms with Crippen molar-refractivity contribution in [1.82, 2.24) is 9.78 Å². The maximum atomic E-state index is 11.5. The highest BCUT2D eigenvalue weighted by atomic mass is 16.4. The Morgan fingerprint density at radius 2 is 2.25 bits per heavy atom. The first kappa shape index (κ1) is 12.2. The molecule has 1 amide bonds. The standard InChI is InChI=1S/C9H14N4O3/c1-9(2,10)8(16)12-6-3-11-13(4-6)5-7(14)15/h3-4H,5,10H2,1-2H3,(H,12,16)(H,14,15). The number of carbonyl (C=O) groups is 2. The number of aromatic nitrogens is 2. The highest BCUT2D eigenvalue weighted by Crippen LogP contribution is 2.08. The van der Waals surface area contributed by atoms with Crippen molar-refractivity contribution < 1.29 is 14.7 Å². The number of rotatable bonds is 4. The minimum absolute atomic E-state index is 0.248. The number of hydrogen-bond acceptors (Lipinski definition) is 4. The molecule has 0 aliphatic heterocycles. The van der Waals surface area contributed by atoms with Gasteiger partial charge in [-0.2, -0.15) is 5.10 Å². The average molecular weight is 226 g/mol. The van der Waals surface area contributed by atoms with E-state index in [1.165, 1.54) is 17.1 Å². The number of carbonyl (C=O) groups excluding carboxylic acids is 1. The normalized spacial score (nSPS) is 11.2. The van der Waals surface area contributed by atoms with E-state index in [4.69, 9.17) is 10.8 Å². The van der Waals surface area contributed by atoms with Crippen LogP contribution in [0.1, 0.15) is 13.8 Å². The van der Waals surface area contributed by atoms with E-state index in [9.17, 15) is 9.59 Å². The molecule has 0 aliphatic rings. The van der Waals surface area contributed by atoms with Crippen LogP contribution < -0.4 is 11.1 Å². The summed E-state index contributed by atoms with van der Waals surface area (Å²) in [7, 11) is 0. The van der Waals surface area contributed by atoms with Crippen molar-refractivity contribution in [2.75, 3.05) is 5.32 Å². The van der Waals surface area contributed by atoms with Crippen LogP contribution in [0.4, 0.5) is 5.69 Å². The summed E-state index contributed by atoms with van der Waals surface area (Å²) in [6.45, 7) is 2.90. The Bertz CT molecular complexity index is 405. The summed E-state index contributed by atoms with van der Waals surface area (Å²) in [6, 6.07) is 0. The van der Waals surface area contributed by atoms with Crippen LogP contribution in [0.2, 0.25) is 0 Å². The summed E-state index contributed by atoms with van der Waals surface area (Å²) in [6.07, 6.45) is 2.80. The lowest BCUT2D eigenvalue weighted by atomic mass is 10.1. The fraction of sp³-hybridized carbons (Fsp3) is 0.444. The maximum absolute atomic E-state index is 11.5. The molecule has 0 spiro atoms. The van der Waals surface area contributed by atoms with Crippen molar-refractivity contribution >= 4 is 17.6 Å². The summed E-state index contributed by atoms with van der Waals surface area (Å²) in [5.41, 5.74) is 5.01. The van der Waals surface area contributed by atoms with Gasteiger partial charge in [-0.1, -0.05) is 0 Å². The lowest BCUT2D eigenvalue weighted by Crippen LogP contribution is -2.45. The second-order valence-electron chi connectivity index (χ2n) is 4.00. The van der Waals surface area contributed by atoms with Gasteiger partial charge in [-0.25, -0.2) is 0 Å². The smallest absolute Gasteiger partial charge is 0.325 e. The summed E-state index contributed by atoms with van der Waals surface area (Å²) in [4.78, 5) is 21.9. The zero-order valence-electron chi connectivity index (χ0n) is 9.10. The molecule has 1 rings (SSSR count). The molecule has 1 heterocycles. The fourth-order valence-electron chi connectivity index (χ4n) is 0.945. The molecular formula is C9H14N4O3. The van der Waals surface area contributed by atoms with Crippen molar-refractivity contribution in [3.8, 4) is 0 Å². The van der Waals surface area contributed by atoms with E-state index in [0.717, 1.165) is 0 Å². The first-order valence-corrected chi connectivity index (χ1v) is 4.63. The molecule has 0 aliphatic carbocycles. The van der Waals surface area contributed by atoms with Crippen molar-refractivity contribution in [1.29, 1.82) is 0 Å². The van der Waals surface area contributed by atoms with Gasteiger partial charge < -0.3 is 16.2 Å². The summed E-state index contributed by atoms with van der Waals surface area (Å²) < 4.78 is 1.21. The first-order valence-electron chi connectivity index (χ1n) is 4.63. The molecule has 16 heavy (non-hydrogen) atoms. The molecule has 0 fully saturated rings. The summed E-state index contributed by atoms with van der Waals surface area (Å²) in [5, 5.41) is 14.8. The zero-order chi connectivity index (χ0) is 12.3. The number of carboxylic acids is 1. The van der Waals surface area contributed by atoms with E-state index in [1.54, 1.807) is 13.8 Å². The predicted molar refractivity (Wildman–Crippen MR) is 56.8 cm³/mol. The lowest BCUT2D eigenvalue weighted by Gasteiger charge is -2.16. The Morgan fingerprint density at radius 3 is 2.75 bits per heavy atom. The van der Waals surface area contributed by atoms with Gasteiger partial charge in [0.05, 0.1) is 17.4 Å². The third kappa shape index (κ3) is 3.35.